The highest BCUT2D eigenvalue weighted by atomic mass is 19.1. The number of amides is 1. The van der Waals surface area contributed by atoms with E-state index < -0.39 is 32.9 Å². The van der Waals surface area contributed by atoms with Gasteiger partial charge in [0.2, 0.25) is 5.82 Å². The Labute approximate surface area is 122 Å². The number of nitro benzene ring substituents is 2. The van der Waals surface area contributed by atoms with Crippen LogP contribution in [0.4, 0.5) is 21.5 Å². The molecule has 0 unspecified atom stereocenters. The van der Waals surface area contributed by atoms with E-state index in [0.29, 0.717) is 0 Å². The van der Waals surface area contributed by atoms with Crippen molar-refractivity contribution in [2.75, 3.05) is 5.32 Å². The summed E-state index contributed by atoms with van der Waals surface area (Å²) in [4.78, 5) is 31.9. The van der Waals surface area contributed by atoms with E-state index >= 15 is 0 Å². The lowest BCUT2D eigenvalue weighted by atomic mass is 10.1. The van der Waals surface area contributed by atoms with Crippen molar-refractivity contribution in [2.45, 2.75) is 0 Å². The summed E-state index contributed by atoms with van der Waals surface area (Å²) in [5.74, 6) is -1.87. The summed E-state index contributed by atoms with van der Waals surface area (Å²) in [5, 5.41) is 23.8. The molecule has 0 saturated carbocycles. The summed E-state index contributed by atoms with van der Waals surface area (Å²) in [5.41, 5.74) is -1.47. The summed E-state index contributed by atoms with van der Waals surface area (Å²) in [7, 11) is 0. The molecule has 9 heteroatoms. The van der Waals surface area contributed by atoms with Gasteiger partial charge in [0.05, 0.1) is 9.85 Å². The first-order chi connectivity index (χ1) is 10.4. The molecule has 2 aromatic rings. The Kier molecular flexibility index (Phi) is 4.07. The fraction of sp³-hybridized carbons (Fsp3) is 0. The van der Waals surface area contributed by atoms with Gasteiger partial charge in [-0.05, 0) is 18.2 Å². The molecule has 0 aromatic heterocycles. The van der Waals surface area contributed by atoms with Crippen LogP contribution in [0.1, 0.15) is 10.4 Å². The number of carbonyl (C=O) groups excluding carboxylic acids is 1. The first-order valence-corrected chi connectivity index (χ1v) is 5.89. The summed E-state index contributed by atoms with van der Waals surface area (Å²) in [6, 6.07) is 8.02. The van der Waals surface area contributed by atoms with Crippen LogP contribution >= 0.6 is 0 Å². The third-order valence-electron chi connectivity index (χ3n) is 2.75. The molecule has 0 spiro atoms. The molecule has 22 heavy (non-hydrogen) atoms. The predicted octanol–water partition coefficient (Wildman–Crippen LogP) is 2.89. The van der Waals surface area contributed by atoms with Gasteiger partial charge in [-0.1, -0.05) is 12.1 Å². The first kappa shape index (κ1) is 15.0. The van der Waals surface area contributed by atoms with E-state index in [2.05, 4.69) is 5.32 Å². The van der Waals surface area contributed by atoms with Gasteiger partial charge in [-0.2, -0.15) is 4.39 Å². The number of halogens is 1. The number of hydrogen-bond donors (Lipinski definition) is 1. The highest BCUT2D eigenvalue weighted by molar-refractivity contribution is 6.07. The number of rotatable bonds is 4. The summed E-state index contributed by atoms with van der Waals surface area (Å²) < 4.78 is 13.2. The Balaban J connectivity index is 2.32. The normalized spacial score (nSPS) is 10.0. The molecule has 2 rings (SSSR count). The van der Waals surface area contributed by atoms with Crippen LogP contribution < -0.4 is 5.32 Å². The molecule has 0 bridgehead atoms. The van der Waals surface area contributed by atoms with E-state index in [1.165, 1.54) is 18.2 Å². The Hall–Kier alpha value is -3.36. The molecule has 0 aliphatic carbocycles. The molecule has 0 saturated heterocycles. The standard InChI is InChI=1S/C13H8FN3O5/c14-10-6-5-8(7-12(10)17(21)22)15-13(18)9-3-1-2-4-11(9)16(19)20/h1-7H,(H,15,18). The van der Waals surface area contributed by atoms with Crippen molar-refractivity contribution < 1.29 is 19.0 Å². The fourth-order valence-electron chi connectivity index (χ4n) is 1.75. The van der Waals surface area contributed by atoms with Crippen molar-refractivity contribution in [3.63, 3.8) is 0 Å². The van der Waals surface area contributed by atoms with Gasteiger partial charge < -0.3 is 5.32 Å². The van der Waals surface area contributed by atoms with Crippen molar-refractivity contribution in [2.24, 2.45) is 0 Å². The summed E-state index contributed by atoms with van der Waals surface area (Å²) in [6.45, 7) is 0. The van der Waals surface area contributed by atoms with E-state index in [9.17, 15) is 29.4 Å². The average molecular weight is 305 g/mol. The molecule has 0 radical (unpaired) electrons. The van der Waals surface area contributed by atoms with Crippen molar-refractivity contribution in [1.82, 2.24) is 0 Å². The van der Waals surface area contributed by atoms with Crippen molar-refractivity contribution in [1.29, 1.82) is 0 Å². The van der Waals surface area contributed by atoms with Crippen LogP contribution in [0.15, 0.2) is 42.5 Å². The minimum atomic E-state index is -1.05. The van der Waals surface area contributed by atoms with Gasteiger partial charge in [-0.25, -0.2) is 0 Å². The van der Waals surface area contributed by atoms with E-state index in [1.54, 1.807) is 0 Å². The average Bonchev–Trinajstić information content (AvgIpc) is 2.48. The van der Waals surface area contributed by atoms with E-state index in [4.69, 9.17) is 0 Å². The smallest absolute Gasteiger partial charge is 0.306 e. The van der Waals surface area contributed by atoms with Crippen LogP contribution in [0.5, 0.6) is 0 Å². The number of hydrogen-bond acceptors (Lipinski definition) is 5. The molecule has 2 aromatic carbocycles. The second-order valence-electron chi connectivity index (χ2n) is 4.15. The fourth-order valence-corrected chi connectivity index (χ4v) is 1.75. The van der Waals surface area contributed by atoms with Crippen molar-refractivity contribution in [3.05, 3.63) is 74.1 Å². The van der Waals surface area contributed by atoms with E-state index in [0.717, 1.165) is 24.3 Å². The number of nitrogens with zero attached hydrogens (tertiary/aromatic N) is 2. The highest BCUT2D eigenvalue weighted by Crippen LogP contribution is 2.23. The SMILES string of the molecule is O=C(Nc1ccc(F)c([N+](=O)[O-])c1)c1ccccc1[N+](=O)[O-]. The first-order valence-electron chi connectivity index (χ1n) is 5.89. The second-order valence-corrected chi connectivity index (χ2v) is 4.15. The predicted molar refractivity (Wildman–Crippen MR) is 74.1 cm³/mol. The molecule has 1 N–H and O–H groups in total. The Morgan fingerprint density at radius 3 is 2.27 bits per heavy atom. The van der Waals surface area contributed by atoms with Gasteiger partial charge in [0.25, 0.3) is 11.6 Å². The number of benzene rings is 2. The third-order valence-corrected chi connectivity index (χ3v) is 2.75. The van der Waals surface area contributed by atoms with Gasteiger partial charge in [0.15, 0.2) is 0 Å². The van der Waals surface area contributed by atoms with Gasteiger partial charge >= 0.3 is 5.69 Å². The lowest BCUT2D eigenvalue weighted by Crippen LogP contribution is -2.14. The van der Waals surface area contributed by atoms with Crippen LogP contribution in [-0.2, 0) is 0 Å². The quantitative estimate of drug-likeness (QED) is 0.688. The van der Waals surface area contributed by atoms with E-state index in [-0.39, 0.29) is 11.3 Å². The molecule has 8 nitrogen and oxygen atoms in total. The zero-order valence-electron chi connectivity index (χ0n) is 10.9. The summed E-state index contributed by atoms with van der Waals surface area (Å²) in [6.07, 6.45) is 0. The van der Waals surface area contributed by atoms with Gasteiger partial charge in [-0.3, -0.25) is 25.0 Å². The van der Waals surface area contributed by atoms with Gasteiger partial charge in [-0.15, -0.1) is 0 Å². The number of carbonyl (C=O) groups is 1. The van der Waals surface area contributed by atoms with Crippen LogP contribution in [0.3, 0.4) is 0 Å². The second kappa shape index (κ2) is 5.95. The third kappa shape index (κ3) is 3.03. The molecular formula is C13H8FN3O5. The van der Waals surface area contributed by atoms with Gasteiger partial charge in [0, 0.05) is 17.8 Å². The van der Waals surface area contributed by atoms with Crippen molar-refractivity contribution in [3.8, 4) is 0 Å². The van der Waals surface area contributed by atoms with Crippen molar-refractivity contribution >= 4 is 23.0 Å². The summed E-state index contributed by atoms with van der Waals surface area (Å²) >= 11 is 0. The van der Waals surface area contributed by atoms with Crippen LogP contribution in [0, 0.1) is 26.0 Å². The molecule has 1 amide bonds. The number of nitrogens with one attached hydrogen (secondary N) is 1. The molecule has 112 valence electrons. The van der Waals surface area contributed by atoms with E-state index in [1.807, 2.05) is 0 Å². The Morgan fingerprint density at radius 2 is 1.64 bits per heavy atom. The van der Waals surface area contributed by atoms with Crippen LogP contribution in [0.2, 0.25) is 0 Å². The number of nitro groups is 2. The minimum Gasteiger partial charge on any atom is -0.322 e. The lowest BCUT2D eigenvalue weighted by molar-refractivity contribution is -0.387. The topological polar surface area (TPSA) is 115 Å². The zero-order chi connectivity index (χ0) is 16.3. The molecule has 0 aliphatic rings. The largest absolute Gasteiger partial charge is 0.322 e. The molecule has 0 heterocycles. The number of para-hydroxylation sites is 1. The molecule has 0 atom stereocenters. The zero-order valence-corrected chi connectivity index (χ0v) is 10.9. The van der Waals surface area contributed by atoms with Gasteiger partial charge in [0.1, 0.15) is 5.56 Å². The molecule has 0 aliphatic heterocycles. The molecule has 0 fully saturated rings. The Bertz CT molecular complexity index is 778. The monoisotopic (exact) mass is 305 g/mol. The minimum absolute atomic E-state index is 0.0451. The van der Waals surface area contributed by atoms with Crippen LogP contribution in [0.25, 0.3) is 0 Å². The maximum atomic E-state index is 13.2. The number of anilines is 1. The maximum Gasteiger partial charge on any atom is 0.306 e. The molecular weight excluding hydrogens is 297 g/mol. The lowest BCUT2D eigenvalue weighted by Gasteiger charge is -2.06. The highest BCUT2D eigenvalue weighted by Gasteiger charge is 2.20. The Morgan fingerprint density at radius 1 is 1.00 bits per heavy atom. The maximum absolute atomic E-state index is 13.2. The van der Waals surface area contributed by atoms with Crippen LogP contribution in [-0.4, -0.2) is 15.8 Å².